The molecule has 3 nitrogen and oxygen atoms in total. The second-order valence-corrected chi connectivity index (χ2v) is 7.92. The monoisotopic (exact) mass is 368 g/mol. The molecule has 0 aliphatic carbocycles. The van der Waals surface area contributed by atoms with Crippen LogP contribution in [0.3, 0.4) is 0 Å². The lowest BCUT2D eigenvalue weighted by Crippen LogP contribution is -2.44. The minimum atomic E-state index is 0.829. The molecule has 0 spiro atoms. The molecule has 1 fully saturated rings. The molecule has 1 aliphatic rings. The molecule has 0 bridgehead atoms. The minimum absolute atomic E-state index is 0.829. The maximum atomic E-state index is 6.07. The number of ether oxygens (including phenoxy) is 1. The van der Waals surface area contributed by atoms with E-state index in [1.807, 2.05) is 0 Å². The molecule has 1 heterocycles. The first-order valence-electron chi connectivity index (χ1n) is 10.9. The fourth-order valence-electron chi connectivity index (χ4n) is 3.90. The van der Waals surface area contributed by atoms with E-state index in [0.29, 0.717) is 0 Å². The lowest BCUT2D eigenvalue weighted by molar-refractivity contribution is 0.304. The number of unbranched alkanes of at least 4 members (excludes halogenated alkanes) is 6. The summed E-state index contributed by atoms with van der Waals surface area (Å²) in [6.07, 6.45) is 9.24. The van der Waals surface area contributed by atoms with Crippen molar-refractivity contribution >= 4 is 16.5 Å². The van der Waals surface area contributed by atoms with E-state index >= 15 is 0 Å². The number of likely N-dealkylation sites (N-methyl/N-ethyl adjacent to an activating group) is 1. The number of hydrogen-bond donors (Lipinski definition) is 0. The van der Waals surface area contributed by atoms with Crippen LogP contribution in [0.15, 0.2) is 36.4 Å². The molecule has 148 valence electrons. The van der Waals surface area contributed by atoms with Crippen molar-refractivity contribution in [3.63, 3.8) is 0 Å². The summed E-state index contributed by atoms with van der Waals surface area (Å²) in [4.78, 5) is 4.92. The van der Waals surface area contributed by atoms with Gasteiger partial charge in [-0.05, 0) is 37.1 Å². The van der Waals surface area contributed by atoms with Crippen molar-refractivity contribution in [2.24, 2.45) is 0 Å². The van der Waals surface area contributed by atoms with Gasteiger partial charge in [0.2, 0.25) is 0 Å². The van der Waals surface area contributed by atoms with Crippen LogP contribution in [0.4, 0.5) is 5.69 Å². The molecule has 0 N–H and O–H groups in total. The van der Waals surface area contributed by atoms with Gasteiger partial charge in [-0.3, -0.25) is 0 Å². The molecular weight excluding hydrogens is 332 g/mol. The Morgan fingerprint density at radius 2 is 1.59 bits per heavy atom. The first-order chi connectivity index (χ1) is 13.3. The van der Waals surface area contributed by atoms with Crippen molar-refractivity contribution in [2.75, 3.05) is 44.7 Å². The second kappa shape index (κ2) is 10.6. The largest absolute Gasteiger partial charge is 0.494 e. The second-order valence-electron chi connectivity index (χ2n) is 7.92. The number of nitrogens with zero attached hydrogens (tertiary/aromatic N) is 2. The van der Waals surface area contributed by atoms with Gasteiger partial charge in [0.05, 0.1) is 6.61 Å². The molecule has 0 amide bonds. The topological polar surface area (TPSA) is 15.7 Å². The Labute approximate surface area is 165 Å². The number of benzene rings is 2. The quantitative estimate of drug-likeness (QED) is 0.499. The number of piperazine rings is 1. The maximum Gasteiger partial charge on any atom is 0.120 e. The molecule has 0 aromatic heterocycles. The first kappa shape index (κ1) is 20.0. The van der Waals surface area contributed by atoms with Crippen LogP contribution in [-0.4, -0.2) is 44.7 Å². The number of rotatable bonds is 10. The summed E-state index contributed by atoms with van der Waals surface area (Å²) in [6, 6.07) is 13.2. The van der Waals surface area contributed by atoms with Crippen molar-refractivity contribution in [1.29, 1.82) is 0 Å². The molecule has 1 saturated heterocycles. The molecule has 2 aromatic carbocycles. The molecule has 2 aromatic rings. The molecule has 3 rings (SSSR count). The van der Waals surface area contributed by atoms with Crippen LogP contribution in [0.25, 0.3) is 10.8 Å². The molecular formula is C24H36N2O. The van der Waals surface area contributed by atoms with Crippen LogP contribution in [0, 0.1) is 0 Å². The van der Waals surface area contributed by atoms with Crippen molar-refractivity contribution in [2.45, 2.75) is 51.9 Å². The number of anilines is 1. The summed E-state index contributed by atoms with van der Waals surface area (Å²) < 4.78 is 6.07. The molecule has 0 radical (unpaired) electrons. The highest BCUT2D eigenvalue weighted by molar-refractivity contribution is 5.95. The lowest BCUT2D eigenvalue weighted by atomic mass is 10.1. The van der Waals surface area contributed by atoms with Gasteiger partial charge >= 0.3 is 0 Å². The third-order valence-electron chi connectivity index (χ3n) is 5.69. The normalized spacial score (nSPS) is 15.4. The Kier molecular flexibility index (Phi) is 7.82. The van der Waals surface area contributed by atoms with Crippen LogP contribution in [0.2, 0.25) is 0 Å². The Bertz CT molecular complexity index is 692. The highest BCUT2D eigenvalue weighted by atomic mass is 16.5. The van der Waals surface area contributed by atoms with E-state index in [1.54, 1.807) is 0 Å². The zero-order valence-electron chi connectivity index (χ0n) is 17.3. The molecule has 0 atom stereocenters. The fourth-order valence-corrected chi connectivity index (χ4v) is 3.90. The average Bonchev–Trinajstić information content (AvgIpc) is 2.70. The van der Waals surface area contributed by atoms with Gasteiger partial charge in [-0.1, -0.05) is 63.6 Å². The van der Waals surface area contributed by atoms with Gasteiger partial charge in [-0.25, -0.2) is 0 Å². The Morgan fingerprint density at radius 1 is 0.852 bits per heavy atom. The van der Waals surface area contributed by atoms with Gasteiger partial charge in [0.1, 0.15) is 5.75 Å². The van der Waals surface area contributed by atoms with Crippen molar-refractivity contribution in [3.05, 3.63) is 36.4 Å². The predicted molar refractivity (Wildman–Crippen MR) is 117 cm³/mol. The summed E-state index contributed by atoms with van der Waals surface area (Å²) in [5, 5.41) is 2.62. The molecule has 0 unspecified atom stereocenters. The summed E-state index contributed by atoms with van der Waals surface area (Å²) in [5.74, 6) is 1.01. The van der Waals surface area contributed by atoms with E-state index in [2.05, 4.69) is 60.2 Å². The van der Waals surface area contributed by atoms with Gasteiger partial charge in [-0.2, -0.15) is 0 Å². The smallest absolute Gasteiger partial charge is 0.120 e. The maximum absolute atomic E-state index is 6.07. The van der Waals surface area contributed by atoms with E-state index in [0.717, 1.165) is 45.0 Å². The van der Waals surface area contributed by atoms with E-state index in [4.69, 9.17) is 4.74 Å². The Balaban J connectivity index is 1.55. The summed E-state index contributed by atoms with van der Waals surface area (Å²) in [7, 11) is 2.20. The van der Waals surface area contributed by atoms with Crippen molar-refractivity contribution in [3.8, 4) is 5.75 Å². The minimum Gasteiger partial charge on any atom is -0.494 e. The average molecular weight is 369 g/mol. The summed E-state index contributed by atoms with van der Waals surface area (Å²) in [6.45, 7) is 7.55. The summed E-state index contributed by atoms with van der Waals surface area (Å²) >= 11 is 0. The van der Waals surface area contributed by atoms with E-state index < -0.39 is 0 Å². The lowest BCUT2D eigenvalue weighted by Gasteiger charge is -2.34. The molecule has 0 saturated carbocycles. The van der Waals surface area contributed by atoms with Crippen LogP contribution < -0.4 is 9.64 Å². The Morgan fingerprint density at radius 3 is 2.37 bits per heavy atom. The molecule has 1 aliphatic heterocycles. The number of fused-ring (bicyclic) bond motifs is 1. The first-order valence-corrected chi connectivity index (χ1v) is 10.9. The fraction of sp³-hybridized carbons (Fsp3) is 0.583. The third kappa shape index (κ3) is 5.87. The highest BCUT2D eigenvalue weighted by Crippen LogP contribution is 2.30. The zero-order chi connectivity index (χ0) is 18.9. The SMILES string of the molecule is CCCCCCCCCOc1ccc2cccc(N3CCN(C)CC3)c2c1. The van der Waals surface area contributed by atoms with Gasteiger partial charge < -0.3 is 14.5 Å². The highest BCUT2D eigenvalue weighted by Gasteiger charge is 2.16. The summed E-state index contributed by atoms with van der Waals surface area (Å²) in [5.41, 5.74) is 1.35. The van der Waals surface area contributed by atoms with Crippen LogP contribution in [-0.2, 0) is 0 Å². The Hall–Kier alpha value is -1.74. The van der Waals surface area contributed by atoms with Crippen LogP contribution in [0.1, 0.15) is 51.9 Å². The van der Waals surface area contributed by atoms with Crippen LogP contribution >= 0.6 is 0 Å². The van der Waals surface area contributed by atoms with Gasteiger partial charge in [-0.15, -0.1) is 0 Å². The van der Waals surface area contributed by atoms with E-state index in [9.17, 15) is 0 Å². The van der Waals surface area contributed by atoms with Crippen LogP contribution in [0.5, 0.6) is 5.75 Å². The van der Waals surface area contributed by atoms with Gasteiger partial charge in [0, 0.05) is 37.3 Å². The van der Waals surface area contributed by atoms with E-state index in [1.165, 1.54) is 55.0 Å². The van der Waals surface area contributed by atoms with Crippen molar-refractivity contribution < 1.29 is 4.74 Å². The van der Waals surface area contributed by atoms with Gasteiger partial charge in [0.15, 0.2) is 0 Å². The van der Waals surface area contributed by atoms with Crippen molar-refractivity contribution in [1.82, 2.24) is 4.90 Å². The third-order valence-corrected chi connectivity index (χ3v) is 5.69. The zero-order valence-corrected chi connectivity index (χ0v) is 17.3. The molecule has 27 heavy (non-hydrogen) atoms. The van der Waals surface area contributed by atoms with E-state index in [-0.39, 0.29) is 0 Å². The molecule has 3 heteroatoms. The predicted octanol–water partition coefficient (Wildman–Crippen LogP) is 5.72. The number of hydrogen-bond acceptors (Lipinski definition) is 3. The standard InChI is InChI=1S/C24H36N2O/c1-3-4-5-6-7-8-9-19-27-22-14-13-21-11-10-12-24(23(21)20-22)26-17-15-25(2)16-18-26/h10-14,20H,3-9,15-19H2,1-2H3. The van der Waals surface area contributed by atoms with Gasteiger partial charge in [0.25, 0.3) is 0 Å².